The molecular weight excluding hydrogens is 344 g/mol. The minimum Gasteiger partial charge on any atom is -0.494 e. The molecule has 28 heavy (non-hydrogen) atoms. The SMILES string of the molecule is COc1cccc2c1ncc1cc(C3=CCCCC3)n(-c3ccccc3C)c12. The second-order valence-electron chi connectivity index (χ2n) is 7.55. The van der Waals surface area contributed by atoms with Crippen LogP contribution in [0.2, 0.25) is 0 Å². The zero-order valence-electron chi connectivity index (χ0n) is 16.4. The van der Waals surface area contributed by atoms with Gasteiger partial charge >= 0.3 is 0 Å². The van der Waals surface area contributed by atoms with Crippen molar-refractivity contribution >= 4 is 27.4 Å². The second-order valence-corrected chi connectivity index (χ2v) is 7.55. The highest BCUT2D eigenvalue weighted by atomic mass is 16.5. The van der Waals surface area contributed by atoms with Crippen LogP contribution in [-0.2, 0) is 0 Å². The van der Waals surface area contributed by atoms with Crippen molar-refractivity contribution in [2.24, 2.45) is 0 Å². The molecule has 0 spiro atoms. The fourth-order valence-corrected chi connectivity index (χ4v) is 4.42. The van der Waals surface area contributed by atoms with E-state index in [0.29, 0.717) is 0 Å². The van der Waals surface area contributed by atoms with Gasteiger partial charge in [-0.15, -0.1) is 0 Å². The minimum absolute atomic E-state index is 0.815. The van der Waals surface area contributed by atoms with Gasteiger partial charge in [0.15, 0.2) is 0 Å². The van der Waals surface area contributed by atoms with Crippen molar-refractivity contribution in [2.75, 3.05) is 7.11 Å². The van der Waals surface area contributed by atoms with E-state index in [1.54, 1.807) is 7.11 Å². The molecule has 2 heterocycles. The molecule has 0 fully saturated rings. The highest BCUT2D eigenvalue weighted by molar-refractivity contribution is 6.07. The van der Waals surface area contributed by atoms with E-state index in [-0.39, 0.29) is 0 Å². The maximum Gasteiger partial charge on any atom is 0.145 e. The Balaban J connectivity index is 1.93. The van der Waals surface area contributed by atoms with E-state index in [2.05, 4.69) is 60.0 Å². The summed E-state index contributed by atoms with van der Waals surface area (Å²) in [4.78, 5) is 4.74. The van der Waals surface area contributed by atoms with E-state index in [1.807, 2.05) is 12.3 Å². The van der Waals surface area contributed by atoms with Crippen molar-refractivity contribution in [1.82, 2.24) is 9.55 Å². The van der Waals surface area contributed by atoms with E-state index >= 15 is 0 Å². The van der Waals surface area contributed by atoms with Crippen LogP contribution in [0.5, 0.6) is 5.75 Å². The molecule has 3 heteroatoms. The zero-order valence-corrected chi connectivity index (χ0v) is 16.4. The smallest absolute Gasteiger partial charge is 0.145 e. The standard InChI is InChI=1S/C25H24N2O/c1-17-9-6-7-13-21(17)27-22(18-10-4-3-5-11-18)15-19-16-26-24-20(25(19)27)12-8-14-23(24)28-2/h6-10,12-16H,3-5,11H2,1-2H3. The van der Waals surface area contributed by atoms with Gasteiger partial charge < -0.3 is 9.30 Å². The number of hydrogen-bond acceptors (Lipinski definition) is 2. The molecule has 0 N–H and O–H groups in total. The summed E-state index contributed by atoms with van der Waals surface area (Å²) < 4.78 is 8.02. The average molecular weight is 368 g/mol. The summed E-state index contributed by atoms with van der Waals surface area (Å²) in [6, 6.07) is 17.1. The van der Waals surface area contributed by atoms with E-state index < -0.39 is 0 Å². The summed E-state index contributed by atoms with van der Waals surface area (Å²) in [5.74, 6) is 0.815. The number of rotatable bonds is 3. The highest BCUT2D eigenvalue weighted by Crippen LogP contribution is 2.38. The summed E-state index contributed by atoms with van der Waals surface area (Å²) in [6.07, 6.45) is 9.25. The lowest BCUT2D eigenvalue weighted by Gasteiger charge is -2.18. The number of methoxy groups -OCH3 is 1. The van der Waals surface area contributed by atoms with Crippen LogP contribution in [0.4, 0.5) is 0 Å². The Morgan fingerprint density at radius 3 is 2.71 bits per heavy atom. The third-order valence-electron chi connectivity index (χ3n) is 5.81. The Hall–Kier alpha value is -3.07. The van der Waals surface area contributed by atoms with Gasteiger partial charge in [-0.2, -0.15) is 0 Å². The molecule has 3 nitrogen and oxygen atoms in total. The van der Waals surface area contributed by atoms with E-state index in [0.717, 1.165) is 29.5 Å². The number of benzene rings is 2. The molecule has 0 aliphatic heterocycles. The fourth-order valence-electron chi connectivity index (χ4n) is 4.42. The summed E-state index contributed by atoms with van der Waals surface area (Å²) >= 11 is 0. The van der Waals surface area contributed by atoms with Gasteiger partial charge in [0.05, 0.1) is 12.6 Å². The lowest BCUT2D eigenvalue weighted by Crippen LogP contribution is -2.04. The molecule has 0 saturated carbocycles. The molecule has 5 rings (SSSR count). The third kappa shape index (κ3) is 2.62. The first-order valence-electron chi connectivity index (χ1n) is 10.0. The summed E-state index contributed by atoms with van der Waals surface area (Å²) in [7, 11) is 1.71. The zero-order chi connectivity index (χ0) is 19.1. The largest absolute Gasteiger partial charge is 0.494 e. The third-order valence-corrected chi connectivity index (χ3v) is 5.81. The number of allylic oxidation sites excluding steroid dienone is 2. The predicted molar refractivity (Wildman–Crippen MR) is 116 cm³/mol. The molecule has 0 radical (unpaired) electrons. The maximum atomic E-state index is 5.59. The first kappa shape index (κ1) is 17.1. The molecule has 0 saturated heterocycles. The lowest BCUT2D eigenvalue weighted by molar-refractivity contribution is 0.419. The average Bonchev–Trinajstić information content (AvgIpc) is 3.14. The quantitative estimate of drug-likeness (QED) is 0.415. The van der Waals surface area contributed by atoms with Gasteiger partial charge in [-0.1, -0.05) is 36.4 Å². The van der Waals surface area contributed by atoms with Crippen LogP contribution < -0.4 is 4.74 Å². The van der Waals surface area contributed by atoms with E-state index in [9.17, 15) is 0 Å². The number of hydrogen-bond donors (Lipinski definition) is 0. The van der Waals surface area contributed by atoms with Crippen LogP contribution in [0.25, 0.3) is 33.1 Å². The number of fused-ring (bicyclic) bond motifs is 3. The molecule has 0 bridgehead atoms. The lowest BCUT2D eigenvalue weighted by atomic mass is 9.97. The first-order chi connectivity index (χ1) is 13.8. The van der Waals surface area contributed by atoms with Crippen molar-refractivity contribution < 1.29 is 4.74 Å². The van der Waals surface area contributed by atoms with Gasteiger partial charge in [-0.3, -0.25) is 4.98 Å². The van der Waals surface area contributed by atoms with Crippen molar-refractivity contribution in [3.63, 3.8) is 0 Å². The number of aromatic nitrogens is 2. The summed E-state index contributed by atoms with van der Waals surface area (Å²) in [6.45, 7) is 2.18. The Morgan fingerprint density at radius 2 is 1.93 bits per heavy atom. The molecule has 0 atom stereocenters. The highest BCUT2D eigenvalue weighted by Gasteiger charge is 2.19. The van der Waals surface area contributed by atoms with Crippen LogP contribution >= 0.6 is 0 Å². The topological polar surface area (TPSA) is 27.1 Å². The molecular formula is C25H24N2O. The van der Waals surface area contributed by atoms with Crippen molar-refractivity contribution in [1.29, 1.82) is 0 Å². The minimum atomic E-state index is 0.815. The van der Waals surface area contributed by atoms with Gasteiger partial charge in [0, 0.05) is 28.4 Å². The number of aryl methyl sites for hydroxylation is 1. The van der Waals surface area contributed by atoms with Crippen LogP contribution in [0, 0.1) is 6.92 Å². The van der Waals surface area contributed by atoms with Crippen LogP contribution in [-0.4, -0.2) is 16.7 Å². The van der Waals surface area contributed by atoms with Crippen molar-refractivity contribution in [3.8, 4) is 11.4 Å². The second kappa shape index (κ2) is 6.83. The van der Waals surface area contributed by atoms with Gasteiger partial charge in [-0.25, -0.2) is 0 Å². The Morgan fingerprint density at radius 1 is 1.04 bits per heavy atom. The number of para-hydroxylation sites is 2. The Labute approximate surface area is 165 Å². The first-order valence-corrected chi connectivity index (χ1v) is 10.0. The van der Waals surface area contributed by atoms with Crippen LogP contribution in [0.15, 0.2) is 60.8 Å². The molecule has 0 amide bonds. The van der Waals surface area contributed by atoms with Crippen molar-refractivity contribution in [3.05, 3.63) is 72.1 Å². The molecule has 2 aromatic carbocycles. The number of nitrogens with zero attached hydrogens (tertiary/aromatic N) is 2. The van der Waals surface area contributed by atoms with Crippen LogP contribution in [0.3, 0.4) is 0 Å². The molecule has 1 aliphatic carbocycles. The van der Waals surface area contributed by atoms with E-state index in [1.165, 1.54) is 46.3 Å². The molecule has 0 unspecified atom stereocenters. The fraction of sp³-hybridized carbons (Fsp3) is 0.240. The van der Waals surface area contributed by atoms with Gasteiger partial charge in [0.1, 0.15) is 11.3 Å². The molecule has 2 aromatic heterocycles. The Kier molecular flexibility index (Phi) is 4.16. The normalized spacial score (nSPS) is 14.4. The maximum absolute atomic E-state index is 5.59. The van der Waals surface area contributed by atoms with E-state index in [4.69, 9.17) is 9.72 Å². The predicted octanol–water partition coefficient (Wildman–Crippen LogP) is 6.45. The monoisotopic (exact) mass is 368 g/mol. The molecule has 140 valence electrons. The summed E-state index contributed by atoms with van der Waals surface area (Å²) in [5, 5.41) is 2.30. The van der Waals surface area contributed by atoms with Gasteiger partial charge in [0.2, 0.25) is 0 Å². The summed E-state index contributed by atoms with van der Waals surface area (Å²) in [5.41, 5.74) is 7.36. The van der Waals surface area contributed by atoms with Gasteiger partial charge in [0.25, 0.3) is 0 Å². The van der Waals surface area contributed by atoms with Gasteiger partial charge in [-0.05, 0) is 61.9 Å². The number of ether oxygens (including phenoxy) is 1. The number of pyridine rings is 1. The van der Waals surface area contributed by atoms with Crippen LogP contribution in [0.1, 0.15) is 36.9 Å². The molecule has 1 aliphatic rings. The van der Waals surface area contributed by atoms with Crippen molar-refractivity contribution in [2.45, 2.75) is 32.6 Å². The molecule has 4 aromatic rings. The Bertz CT molecular complexity index is 1220.